The minimum Gasteiger partial charge on any atom is -0.267 e. The lowest BCUT2D eigenvalue weighted by Gasteiger charge is -2.23. The number of amidine groups is 1. The molecule has 2 aliphatic rings. The third-order valence-corrected chi connectivity index (χ3v) is 3.74. The van der Waals surface area contributed by atoms with Gasteiger partial charge in [-0.2, -0.15) is 0 Å². The van der Waals surface area contributed by atoms with Gasteiger partial charge < -0.3 is 0 Å². The molecule has 0 fully saturated rings. The zero-order valence-electron chi connectivity index (χ0n) is 10.7. The topological polar surface area (TPSA) is 62.1 Å². The van der Waals surface area contributed by atoms with E-state index in [9.17, 15) is 9.59 Å². The van der Waals surface area contributed by atoms with Crippen LogP contribution in [-0.4, -0.2) is 33.6 Å². The van der Waals surface area contributed by atoms with Gasteiger partial charge in [0.2, 0.25) is 0 Å². The number of fused-ring (bicyclic) bond motifs is 1. The Labute approximate surface area is 120 Å². The first-order chi connectivity index (χ1) is 9.66. The van der Waals surface area contributed by atoms with Crippen LogP contribution >= 0.6 is 11.8 Å². The Hall–Kier alpha value is -2.21. The molecule has 2 aliphatic heterocycles. The van der Waals surface area contributed by atoms with E-state index in [1.54, 1.807) is 42.8 Å². The normalized spacial score (nSPS) is 22.9. The molecule has 0 saturated heterocycles. The average molecular weight is 285 g/mol. The first-order valence-electron chi connectivity index (χ1n) is 6.09. The quantitative estimate of drug-likeness (QED) is 0.793. The predicted molar refractivity (Wildman–Crippen MR) is 78.7 cm³/mol. The molecular formula is C14H11N3O2S. The summed E-state index contributed by atoms with van der Waals surface area (Å²) in [5.41, 5.74) is 0.635. The maximum absolute atomic E-state index is 12.3. The minimum atomic E-state index is -0.421. The monoisotopic (exact) mass is 285 g/mol. The van der Waals surface area contributed by atoms with Gasteiger partial charge in [-0.1, -0.05) is 30.0 Å². The van der Waals surface area contributed by atoms with E-state index in [4.69, 9.17) is 0 Å². The Morgan fingerprint density at radius 3 is 2.85 bits per heavy atom. The number of aliphatic imine (C=N–C) groups is 2. The maximum Gasteiger partial charge on any atom is 0.280 e. The highest BCUT2D eigenvalue weighted by molar-refractivity contribution is 8.16. The zero-order valence-corrected chi connectivity index (χ0v) is 11.5. The van der Waals surface area contributed by atoms with Crippen molar-refractivity contribution in [3.63, 3.8) is 0 Å². The van der Waals surface area contributed by atoms with Crippen molar-refractivity contribution in [1.82, 2.24) is 4.90 Å². The molecule has 1 aromatic rings. The summed E-state index contributed by atoms with van der Waals surface area (Å²) in [6.45, 7) is 1.76. The number of amides is 2. The lowest BCUT2D eigenvalue weighted by atomic mass is 10.1. The smallest absolute Gasteiger partial charge is 0.267 e. The second-order valence-electron chi connectivity index (χ2n) is 4.33. The van der Waals surface area contributed by atoms with Gasteiger partial charge in [0, 0.05) is 11.8 Å². The van der Waals surface area contributed by atoms with Crippen molar-refractivity contribution in [1.29, 1.82) is 0 Å². The van der Waals surface area contributed by atoms with Gasteiger partial charge in [-0.15, -0.1) is 0 Å². The van der Waals surface area contributed by atoms with Crippen LogP contribution in [0.3, 0.4) is 0 Å². The van der Waals surface area contributed by atoms with Gasteiger partial charge in [0.25, 0.3) is 11.8 Å². The van der Waals surface area contributed by atoms with Crippen LogP contribution in [0, 0.1) is 0 Å². The van der Waals surface area contributed by atoms with E-state index in [1.165, 1.54) is 16.7 Å². The molecule has 0 N–H and O–H groups in total. The van der Waals surface area contributed by atoms with Crippen LogP contribution in [0.2, 0.25) is 0 Å². The average Bonchev–Trinajstić information content (AvgIpc) is 2.92. The van der Waals surface area contributed by atoms with E-state index in [2.05, 4.69) is 9.98 Å². The molecule has 0 bridgehead atoms. The molecule has 1 unspecified atom stereocenters. The molecule has 20 heavy (non-hydrogen) atoms. The number of nitrogens with zero attached hydrogens (tertiary/aromatic N) is 3. The number of thioether (sulfide) groups is 1. The molecule has 0 spiro atoms. The van der Waals surface area contributed by atoms with Gasteiger partial charge in [0.15, 0.2) is 5.17 Å². The van der Waals surface area contributed by atoms with Gasteiger partial charge in [-0.3, -0.25) is 19.5 Å². The fourth-order valence-electron chi connectivity index (χ4n) is 1.94. The third kappa shape index (κ3) is 2.18. The number of rotatable bonds is 1. The lowest BCUT2D eigenvalue weighted by molar-refractivity contribution is -0.119. The minimum absolute atomic E-state index is 0.176. The van der Waals surface area contributed by atoms with Gasteiger partial charge >= 0.3 is 0 Å². The van der Waals surface area contributed by atoms with Gasteiger partial charge in [0.05, 0.1) is 6.04 Å². The van der Waals surface area contributed by atoms with Gasteiger partial charge in [-0.25, -0.2) is 4.99 Å². The van der Waals surface area contributed by atoms with E-state index in [-0.39, 0.29) is 11.6 Å². The highest BCUT2D eigenvalue weighted by atomic mass is 32.2. The Kier molecular flexibility index (Phi) is 3.23. The summed E-state index contributed by atoms with van der Waals surface area (Å²) >= 11 is 1.39. The summed E-state index contributed by atoms with van der Waals surface area (Å²) < 4.78 is 0. The second kappa shape index (κ2) is 5.05. The Bertz CT molecular complexity index is 664. The molecule has 2 heterocycles. The molecule has 5 nitrogen and oxygen atoms in total. The van der Waals surface area contributed by atoms with E-state index < -0.39 is 11.9 Å². The number of carbonyl (C=O) groups excluding carboxylic acids is 2. The molecular weight excluding hydrogens is 274 g/mol. The van der Waals surface area contributed by atoms with Crippen LogP contribution in [0.4, 0.5) is 0 Å². The molecule has 0 radical (unpaired) electrons. The van der Waals surface area contributed by atoms with Crippen LogP contribution in [-0.2, 0) is 4.79 Å². The SMILES string of the molecule is CC1N=C2SC=CN2C(=O)C1=NC(=O)c1ccccc1. The van der Waals surface area contributed by atoms with Gasteiger partial charge in [-0.05, 0) is 24.5 Å². The van der Waals surface area contributed by atoms with Gasteiger partial charge in [0.1, 0.15) is 5.71 Å². The van der Waals surface area contributed by atoms with Crippen molar-refractivity contribution in [2.45, 2.75) is 13.0 Å². The molecule has 3 rings (SSSR count). The molecule has 0 aromatic heterocycles. The van der Waals surface area contributed by atoms with E-state index in [0.717, 1.165) is 0 Å². The largest absolute Gasteiger partial charge is 0.280 e. The third-order valence-electron chi connectivity index (χ3n) is 2.97. The van der Waals surface area contributed by atoms with Crippen LogP contribution in [0.25, 0.3) is 0 Å². The van der Waals surface area contributed by atoms with Crippen molar-refractivity contribution < 1.29 is 9.59 Å². The molecule has 1 atom stereocenters. The van der Waals surface area contributed by atoms with Crippen molar-refractivity contribution in [3.8, 4) is 0 Å². The molecule has 100 valence electrons. The summed E-state index contributed by atoms with van der Waals surface area (Å²) in [4.78, 5) is 34.1. The number of carbonyl (C=O) groups is 2. The first kappa shape index (κ1) is 12.8. The Morgan fingerprint density at radius 1 is 1.35 bits per heavy atom. The highest BCUT2D eigenvalue weighted by Gasteiger charge is 2.34. The standard InChI is InChI=1S/C14H11N3O2S/c1-9-11(13(19)17-7-8-20-14(17)15-9)16-12(18)10-5-3-2-4-6-10/h2-9H,1H3. The number of hydrogen-bond acceptors (Lipinski definition) is 4. The zero-order chi connectivity index (χ0) is 14.1. The summed E-state index contributed by atoms with van der Waals surface area (Å²) in [5.74, 6) is -0.705. The van der Waals surface area contributed by atoms with Crippen molar-refractivity contribution in [3.05, 3.63) is 47.5 Å². The second-order valence-corrected chi connectivity index (χ2v) is 5.21. The molecule has 1 aromatic carbocycles. The molecule has 2 amide bonds. The molecule has 6 heteroatoms. The fourth-order valence-corrected chi connectivity index (χ4v) is 2.73. The first-order valence-corrected chi connectivity index (χ1v) is 6.97. The molecule has 0 aliphatic carbocycles. The summed E-state index contributed by atoms with van der Waals surface area (Å²) in [5, 5.41) is 2.42. The number of hydrogen-bond donors (Lipinski definition) is 0. The fraction of sp³-hybridized carbons (Fsp3) is 0.143. The predicted octanol–water partition coefficient (Wildman–Crippen LogP) is 2.07. The maximum atomic E-state index is 12.3. The van der Waals surface area contributed by atoms with E-state index in [0.29, 0.717) is 10.7 Å². The highest BCUT2D eigenvalue weighted by Crippen LogP contribution is 2.25. The summed E-state index contributed by atoms with van der Waals surface area (Å²) in [7, 11) is 0. The lowest BCUT2D eigenvalue weighted by Crippen LogP contribution is -2.44. The Morgan fingerprint density at radius 2 is 2.10 bits per heavy atom. The van der Waals surface area contributed by atoms with E-state index >= 15 is 0 Å². The summed E-state index contributed by atoms with van der Waals surface area (Å²) in [6, 6.07) is 8.27. The van der Waals surface area contributed by atoms with Crippen LogP contribution < -0.4 is 0 Å². The summed E-state index contributed by atoms with van der Waals surface area (Å²) in [6.07, 6.45) is 1.64. The molecule has 0 saturated carbocycles. The number of benzene rings is 1. The van der Waals surface area contributed by atoms with E-state index in [1.807, 2.05) is 6.07 Å². The van der Waals surface area contributed by atoms with Crippen molar-refractivity contribution >= 4 is 34.5 Å². The van der Waals surface area contributed by atoms with Crippen molar-refractivity contribution in [2.24, 2.45) is 9.98 Å². The van der Waals surface area contributed by atoms with Crippen LogP contribution in [0.1, 0.15) is 17.3 Å². The van der Waals surface area contributed by atoms with Crippen molar-refractivity contribution in [2.75, 3.05) is 0 Å². The van der Waals surface area contributed by atoms with Crippen LogP contribution in [0.5, 0.6) is 0 Å². The van der Waals surface area contributed by atoms with Crippen LogP contribution in [0.15, 0.2) is 51.9 Å². The Balaban J connectivity index is 1.94.